The van der Waals surface area contributed by atoms with E-state index in [4.69, 9.17) is 0 Å². The van der Waals surface area contributed by atoms with Crippen LogP contribution in [0.2, 0.25) is 0 Å². The summed E-state index contributed by atoms with van der Waals surface area (Å²) in [6.45, 7) is 0.830. The maximum atomic E-state index is 4.57. The number of hydrogen-bond acceptors (Lipinski definition) is 1. The van der Waals surface area contributed by atoms with Gasteiger partial charge in [-0.05, 0) is 36.4 Å². The Morgan fingerprint density at radius 3 is 2.52 bits per heavy atom. The van der Waals surface area contributed by atoms with E-state index in [1.54, 1.807) is 0 Å². The first-order chi connectivity index (χ1) is 12.4. The monoisotopic (exact) mass is 323 g/mol. The van der Waals surface area contributed by atoms with Gasteiger partial charge in [-0.25, -0.2) is 4.57 Å². The van der Waals surface area contributed by atoms with Crippen LogP contribution in [0.3, 0.4) is 0 Å². The van der Waals surface area contributed by atoms with Crippen molar-refractivity contribution in [2.24, 2.45) is 0 Å². The van der Waals surface area contributed by atoms with Crippen molar-refractivity contribution in [1.82, 2.24) is 14.0 Å². The summed E-state index contributed by atoms with van der Waals surface area (Å²) in [7, 11) is 0. The van der Waals surface area contributed by atoms with Gasteiger partial charge in [0.15, 0.2) is 5.52 Å². The van der Waals surface area contributed by atoms with Crippen LogP contribution >= 0.6 is 0 Å². The lowest BCUT2D eigenvalue weighted by Crippen LogP contribution is -2.29. The van der Waals surface area contributed by atoms with Gasteiger partial charge < -0.3 is 0 Å². The van der Waals surface area contributed by atoms with E-state index >= 15 is 0 Å². The number of nitrogens with zero attached hydrogens (tertiary/aromatic N) is 4. The Hall–Kier alpha value is -3.40. The number of rotatable bonds is 1. The van der Waals surface area contributed by atoms with E-state index in [2.05, 4.69) is 85.5 Å². The number of fused-ring (bicyclic) bond motifs is 7. The lowest BCUT2D eigenvalue weighted by molar-refractivity contribution is -0.671. The molecule has 0 saturated carbocycles. The lowest BCUT2D eigenvalue weighted by Gasteiger charge is -2.04. The molecule has 1 aliphatic rings. The largest absolute Gasteiger partial charge is 0.269 e. The zero-order chi connectivity index (χ0) is 16.4. The SMILES string of the molecule is c1ccc(-n2c3ccccc3n3c[n+]4c(c23)-c2cccnc2C4)cc1. The third kappa shape index (κ3) is 1.61. The van der Waals surface area contributed by atoms with Crippen LogP contribution in [0.5, 0.6) is 0 Å². The van der Waals surface area contributed by atoms with Crippen LogP contribution in [0, 0.1) is 0 Å². The molecule has 4 heteroatoms. The van der Waals surface area contributed by atoms with Crippen molar-refractivity contribution in [2.75, 3.05) is 0 Å². The summed E-state index contributed by atoms with van der Waals surface area (Å²) in [5.74, 6) is 0. The summed E-state index contributed by atoms with van der Waals surface area (Å²) in [4.78, 5) is 4.57. The molecule has 0 radical (unpaired) electrons. The van der Waals surface area contributed by atoms with Crippen LogP contribution in [-0.2, 0) is 6.54 Å². The zero-order valence-electron chi connectivity index (χ0n) is 13.5. The second kappa shape index (κ2) is 4.57. The highest BCUT2D eigenvalue weighted by Crippen LogP contribution is 2.34. The molecule has 3 aromatic heterocycles. The van der Waals surface area contributed by atoms with Crippen molar-refractivity contribution < 1.29 is 4.57 Å². The predicted octanol–water partition coefficient (Wildman–Crippen LogP) is 3.59. The molecule has 25 heavy (non-hydrogen) atoms. The molecule has 4 heterocycles. The van der Waals surface area contributed by atoms with Crippen LogP contribution in [0.15, 0.2) is 79.3 Å². The minimum Gasteiger partial charge on any atom is -0.269 e. The van der Waals surface area contributed by atoms with E-state index in [-0.39, 0.29) is 0 Å². The number of pyridine rings is 1. The third-order valence-corrected chi connectivity index (χ3v) is 5.06. The fourth-order valence-corrected chi connectivity index (χ4v) is 4.03. The third-order valence-electron chi connectivity index (χ3n) is 5.06. The summed E-state index contributed by atoms with van der Waals surface area (Å²) in [5, 5.41) is 0. The van der Waals surface area contributed by atoms with Crippen LogP contribution in [0.1, 0.15) is 5.69 Å². The maximum Gasteiger partial charge on any atom is 0.260 e. The van der Waals surface area contributed by atoms with Gasteiger partial charge in [0.1, 0.15) is 6.54 Å². The standard InChI is InChI=1S/C21H15N4/c1-2-7-15(8-3-1)25-19-11-5-4-10-18(19)24-14-23-13-17-16(9-6-12-22-17)20(23)21(24)25/h1-12,14H,13H2/q+1. The molecule has 0 bridgehead atoms. The molecule has 0 N–H and O–H groups in total. The van der Waals surface area contributed by atoms with E-state index in [9.17, 15) is 0 Å². The van der Waals surface area contributed by atoms with Crippen molar-refractivity contribution >= 4 is 16.7 Å². The quantitative estimate of drug-likeness (QED) is 0.425. The van der Waals surface area contributed by atoms with Gasteiger partial charge in [0.2, 0.25) is 5.69 Å². The normalized spacial score (nSPS) is 12.6. The Morgan fingerprint density at radius 1 is 0.840 bits per heavy atom. The van der Waals surface area contributed by atoms with Gasteiger partial charge in [0, 0.05) is 11.9 Å². The van der Waals surface area contributed by atoms with Gasteiger partial charge in [0.25, 0.3) is 12.0 Å². The molecule has 4 nitrogen and oxygen atoms in total. The van der Waals surface area contributed by atoms with Gasteiger partial charge in [-0.15, -0.1) is 0 Å². The molecule has 0 aliphatic carbocycles. The van der Waals surface area contributed by atoms with Crippen LogP contribution in [-0.4, -0.2) is 14.0 Å². The van der Waals surface area contributed by atoms with Crippen molar-refractivity contribution in [3.05, 3.63) is 84.9 Å². The Morgan fingerprint density at radius 2 is 1.64 bits per heavy atom. The Balaban J connectivity index is 1.84. The fourth-order valence-electron chi connectivity index (χ4n) is 4.03. The van der Waals surface area contributed by atoms with Crippen molar-refractivity contribution in [3.63, 3.8) is 0 Å². The summed E-state index contributed by atoms with van der Waals surface area (Å²) < 4.78 is 6.95. The molecule has 0 fully saturated rings. The van der Waals surface area contributed by atoms with E-state index in [0.717, 1.165) is 12.2 Å². The first-order valence-electron chi connectivity index (χ1n) is 8.45. The molecule has 1 aliphatic heterocycles. The first-order valence-corrected chi connectivity index (χ1v) is 8.45. The number of benzene rings is 2. The van der Waals surface area contributed by atoms with E-state index in [1.165, 1.54) is 33.6 Å². The number of hydrogen-bond donors (Lipinski definition) is 0. The molecule has 0 unspecified atom stereocenters. The molecular weight excluding hydrogens is 308 g/mol. The Bertz CT molecular complexity index is 1260. The van der Waals surface area contributed by atoms with E-state index < -0.39 is 0 Å². The topological polar surface area (TPSA) is 26.1 Å². The second-order valence-electron chi connectivity index (χ2n) is 6.44. The highest BCUT2D eigenvalue weighted by atomic mass is 15.2. The number of imidazole rings is 2. The van der Waals surface area contributed by atoms with Gasteiger partial charge in [0.05, 0.1) is 16.8 Å². The maximum absolute atomic E-state index is 4.57. The smallest absolute Gasteiger partial charge is 0.260 e. The van der Waals surface area contributed by atoms with Crippen LogP contribution in [0.25, 0.3) is 33.6 Å². The first kappa shape index (κ1) is 13.0. The van der Waals surface area contributed by atoms with Crippen LogP contribution in [0.4, 0.5) is 0 Å². The van der Waals surface area contributed by atoms with Gasteiger partial charge in [-0.2, -0.15) is 4.40 Å². The van der Waals surface area contributed by atoms with Gasteiger partial charge in [-0.1, -0.05) is 30.3 Å². The summed E-state index contributed by atoms with van der Waals surface area (Å²) in [6, 6.07) is 23.3. The lowest BCUT2D eigenvalue weighted by atomic mass is 10.2. The average molecular weight is 323 g/mol. The summed E-state index contributed by atoms with van der Waals surface area (Å²) in [5.41, 5.74) is 8.41. The zero-order valence-corrected chi connectivity index (χ0v) is 13.5. The average Bonchev–Trinajstić information content (AvgIpc) is 3.29. The molecule has 6 rings (SSSR count). The highest BCUT2D eigenvalue weighted by Gasteiger charge is 2.33. The second-order valence-corrected chi connectivity index (χ2v) is 6.44. The highest BCUT2D eigenvalue weighted by molar-refractivity contribution is 5.89. The fraction of sp³-hybridized carbons (Fsp3) is 0.0476. The molecule has 0 atom stereocenters. The number of aromatic nitrogens is 4. The minimum absolute atomic E-state index is 0.830. The molecule has 5 aromatic rings. The molecular formula is C21H15N4+. The summed E-state index contributed by atoms with van der Waals surface area (Å²) in [6.07, 6.45) is 4.08. The Labute approximate surface area is 144 Å². The van der Waals surface area contributed by atoms with Crippen molar-refractivity contribution in [3.8, 4) is 16.9 Å². The van der Waals surface area contributed by atoms with Gasteiger partial charge >= 0.3 is 0 Å². The van der Waals surface area contributed by atoms with Crippen LogP contribution < -0.4 is 4.57 Å². The van der Waals surface area contributed by atoms with Gasteiger partial charge in [-0.3, -0.25) is 9.55 Å². The van der Waals surface area contributed by atoms with E-state index in [0.29, 0.717) is 0 Å². The molecule has 0 amide bonds. The minimum atomic E-state index is 0.830. The number of para-hydroxylation sites is 3. The molecule has 118 valence electrons. The van der Waals surface area contributed by atoms with Crippen molar-refractivity contribution in [1.29, 1.82) is 0 Å². The Kier molecular flexibility index (Phi) is 2.37. The van der Waals surface area contributed by atoms with E-state index in [1.807, 2.05) is 12.3 Å². The predicted molar refractivity (Wildman–Crippen MR) is 96.8 cm³/mol. The molecule has 0 spiro atoms. The summed E-state index contributed by atoms with van der Waals surface area (Å²) >= 11 is 0. The van der Waals surface area contributed by atoms with Crippen molar-refractivity contribution in [2.45, 2.75) is 6.54 Å². The molecule has 0 saturated heterocycles. The molecule has 2 aromatic carbocycles.